The molecule has 0 saturated carbocycles. The lowest BCUT2D eigenvalue weighted by molar-refractivity contribution is 0.607. The molecule has 106 valence electrons. The number of allylic oxidation sites excluding steroid dienone is 1. The lowest BCUT2D eigenvalue weighted by Crippen LogP contribution is -2.20. The van der Waals surface area contributed by atoms with Crippen LogP contribution in [0.25, 0.3) is 5.70 Å². The monoisotopic (exact) mass is 309 g/mol. The molecule has 5 nitrogen and oxygen atoms in total. The van der Waals surface area contributed by atoms with Crippen LogP contribution in [0.5, 0.6) is 0 Å². The van der Waals surface area contributed by atoms with Crippen molar-refractivity contribution >= 4 is 38.3 Å². The molecule has 20 heavy (non-hydrogen) atoms. The molecule has 0 radical (unpaired) electrons. The van der Waals surface area contributed by atoms with Crippen LogP contribution in [0, 0.1) is 0 Å². The van der Waals surface area contributed by atoms with Crippen molar-refractivity contribution in [3.8, 4) is 0 Å². The molecule has 2 heterocycles. The molecule has 0 unspecified atom stereocenters. The van der Waals surface area contributed by atoms with E-state index in [1.165, 1.54) is 10.6 Å². The van der Waals surface area contributed by atoms with E-state index < -0.39 is 10.0 Å². The van der Waals surface area contributed by atoms with Crippen LogP contribution < -0.4 is 4.72 Å². The SMILES string of the molecule is CC1=C(c2ccc(NS(C)(=O)=O)cc2)N2CCN=C2S1. The second kappa shape index (κ2) is 4.82. The lowest BCUT2D eigenvalue weighted by atomic mass is 10.1. The van der Waals surface area contributed by atoms with Crippen molar-refractivity contribution in [2.75, 3.05) is 24.1 Å². The van der Waals surface area contributed by atoms with E-state index in [0.717, 1.165) is 30.1 Å². The van der Waals surface area contributed by atoms with Crippen molar-refractivity contribution in [3.63, 3.8) is 0 Å². The molecule has 1 aromatic carbocycles. The van der Waals surface area contributed by atoms with Gasteiger partial charge in [0.25, 0.3) is 0 Å². The Bertz CT molecular complexity index is 706. The summed E-state index contributed by atoms with van der Waals surface area (Å²) in [7, 11) is -3.23. The molecule has 0 spiro atoms. The summed E-state index contributed by atoms with van der Waals surface area (Å²) in [5, 5.41) is 1.07. The van der Waals surface area contributed by atoms with Gasteiger partial charge in [-0.15, -0.1) is 0 Å². The van der Waals surface area contributed by atoms with Gasteiger partial charge in [0.15, 0.2) is 5.17 Å². The number of thioether (sulfide) groups is 1. The molecular formula is C13H15N3O2S2. The maximum atomic E-state index is 11.2. The van der Waals surface area contributed by atoms with E-state index in [9.17, 15) is 8.42 Å². The number of nitrogens with zero attached hydrogens (tertiary/aromatic N) is 2. The maximum Gasteiger partial charge on any atom is 0.229 e. The number of fused-ring (bicyclic) bond motifs is 1. The van der Waals surface area contributed by atoms with Gasteiger partial charge in [0.05, 0.1) is 18.5 Å². The predicted molar refractivity (Wildman–Crippen MR) is 84.1 cm³/mol. The number of sulfonamides is 1. The molecule has 1 N–H and O–H groups in total. The standard InChI is InChI=1S/C13H15N3O2S2/c1-9-12(16-8-7-14-13(16)19-9)10-3-5-11(6-4-10)15-20(2,17)18/h3-6,15H,7-8H2,1-2H3. The van der Waals surface area contributed by atoms with Gasteiger partial charge in [-0.1, -0.05) is 23.9 Å². The molecule has 0 amide bonds. The van der Waals surface area contributed by atoms with Gasteiger partial charge >= 0.3 is 0 Å². The number of hydrogen-bond donors (Lipinski definition) is 1. The molecule has 0 aromatic heterocycles. The Kier molecular flexibility index (Phi) is 3.25. The Morgan fingerprint density at radius 2 is 2.00 bits per heavy atom. The number of nitrogens with one attached hydrogen (secondary N) is 1. The third kappa shape index (κ3) is 2.55. The van der Waals surface area contributed by atoms with Crippen LogP contribution >= 0.6 is 11.8 Å². The molecule has 7 heteroatoms. The molecule has 2 aliphatic rings. The average molecular weight is 309 g/mol. The lowest BCUT2D eigenvalue weighted by Gasteiger charge is -2.17. The number of rotatable bonds is 3. The van der Waals surface area contributed by atoms with E-state index in [2.05, 4.69) is 21.5 Å². The fourth-order valence-electron chi connectivity index (χ4n) is 2.37. The van der Waals surface area contributed by atoms with Crippen LogP contribution in [-0.4, -0.2) is 37.8 Å². The summed E-state index contributed by atoms with van der Waals surface area (Å²) in [6.07, 6.45) is 1.15. The van der Waals surface area contributed by atoms with E-state index in [0.29, 0.717) is 5.69 Å². The van der Waals surface area contributed by atoms with Crippen LogP contribution in [0.15, 0.2) is 34.2 Å². The first-order valence-corrected chi connectivity index (χ1v) is 8.94. The van der Waals surface area contributed by atoms with Crippen LogP contribution in [0.2, 0.25) is 0 Å². The highest BCUT2D eigenvalue weighted by molar-refractivity contribution is 8.17. The van der Waals surface area contributed by atoms with Crippen LogP contribution in [-0.2, 0) is 10.0 Å². The zero-order valence-electron chi connectivity index (χ0n) is 11.3. The summed E-state index contributed by atoms with van der Waals surface area (Å²) in [5.41, 5.74) is 2.84. The van der Waals surface area contributed by atoms with Gasteiger partial charge in [0.1, 0.15) is 0 Å². The molecule has 1 aromatic rings. The molecule has 0 aliphatic carbocycles. The van der Waals surface area contributed by atoms with E-state index in [1.54, 1.807) is 23.9 Å². The van der Waals surface area contributed by atoms with Crippen molar-refractivity contribution in [2.24, 2.45) is 4.99 Å². The number of amidine groups is 1. The molecule has 2 aliphatic heterocycles. The Morgan fingerprint density at radius 3 is 2.65 bits per heavy atom. The number of hydrogen-bond acceptors (Lipinski definition) is 5. The summed E-state index contributed by atoms with van der Waals surface area (Å²) in [6, 6.07) is 7.45. The third-order valence-electron chi connectivity index (χ3n) is 3.11. The first-order valence-electron chi connectivity index (χ1n) is 6.23. The molecule has 0 saturated heterocycles. The Labute approximate surface area is 122 Å². The van der Waals surface area contributed by atoms with Gasteiger partial charge in [0, 0.05) is 17.1 Å². The number of benzene rings is 1. The number of anilines is 1. The minimum atomic E-state index is -3.23. The van der Waals surface area contributed by atoms with E-state index in [-0.39, 0.29) is 0 Å². The molecule has 0 bridgehead atoms. The van der Waals surface area contributed by atoms with E-state index in [4.69, 9.17) is 0 Å². The summed E-state index contributed by atoms with van der Waals surface area (Å²) in [4.78, 5) is 7.91. The highest BCUT2D eigenvalue weighted by Gasteiger charge is 2.30. The third-order valence-corrected chi connectivity index (χ3v) is 4.75. The van der Waals surface area contributed by atoms with Crippen molar-refractivity contribution in [3.05, 3.63) is 34.7 Å². The minimum absolute atomic E-state index is 0.579. The topological polar surface area (TPSA) is 61.8 Å². The van der Waals surface area contributed by atoms with Crippen molar-refractivity contribution < 1.29 is 8.42 Å². The fraction of sp³-hybridized carbons (Fsp3) is 0.308. The highest BCUT2D eigenvalue weighted by Crippen LogP contribution is 2.41. The van der Waals surface area contributed by atoms with Crippen molar-refractivity contribution in [1.29, 1.82) is 0 Å². The zero-order valence-corrected chi connectivity index (χ0v) is 12.9. The quantitative estimate of drug-likeness (QED) is 0.929. The first kappa shape index (κ1) is 13.5. The van der Waals surface area contributed by atoms with Gasteiger partial charge in [-0.3, -0.25) is 9.71 Å². The first-order chi connectivity index (χ1) is 9.44. The number of aliphatic imine (C=N–C) groups is 1. The Balaban J connectivity index is 1.88. The second-order valence-corrected chi connectivity index (χ2v) is 7.70. The van der Waals surface area contributed by atoms with Gasteiger partial charge < -0.3 is 4.90 Å². The van der Waals surface area contributed by atoms with Crippen LogP contribution in [0.1, 0.15) is 12.5 Å². The molecule has 0 atom stereocenters. The highest BCUT2D eigenvalue weighted by atomic mass is 32.2. The van der Waals surface area contributed by atoms with E-state index >= 15 is 0 Å². The van der Waals surface area contributed by atoms with Gasteiger partial charge in [0.2, 0.25) is 10.0 Å². The Hall–Kier alpha value is -1.47. The van der Waals surface area contributed by atoms with Gasteiger partial charge in [-0.05, 0) is 24.6 Å². The summed E-state index contributed by atoms with van der Waals surface area (Å²) < 4.78 is 24.9. The minimum Gasteiger partial charge on any atom is -0.318 e. The Morgan fingerprint density at radius 1 is 1.30 bits per heavy atom. The molecular weight excluding hydrogens is 294 g/mol. The van der Waals surface area contributed by atoms with Crippen molar-refractivity contribution in [2.45, 2.75) is 6.92 Å². The van der Waals surface area contributed by atoms with Gasteiger partial charge in [-0.2, -0.15) is 0 Å². The van der Waals surface area contributed by atoms with E-state index in [1.807, 2.05) is 12.1 Å². The average Bonchev–Trinajstić information content (AvgIpc) is 2.88. The molecule has 3 rings (SSSR count). The summed E-state index contributed by atoms with van der Waals surface area (Å²) in [6.45, 7) is 3.84. The van der Waals surface area contributed by atoms with Crippen LogP contribution in [0.4, 0.5) is 5.69 Å². The summed E-state index contributed by atoms with van der Waals surface area (Å²) >= 11 is 1.70. The largest absolute Gasteiger partial charge is 0.318 e. The smallest absolute Gasteiger partial charge is 0.229 e. The molecule has 0 fully saturated rings. The van der Waals surface area contributed by atoms with Crippen LogP contribution in [0.3, 0.4) is 0 Å². The van der Waals surface area contributed by atoms with Crippen molar-refractivity contribution in [1.82, 2.24) is 4.90 Å². The summed E-state index contributed by atoms with van der Waals surface area (Å²) in [5.74, 6) is 0. The normalized spacial score (nSPS) is 18.3. The zero-order chi connectivity index (χ0) is 14.3. The maximum absolute atomic E-state index is 11.2. The second-order valence-electron chi connectivity index (χ2n) is 4.77. The fourth-order valence-corrected chi connectivity index (χ4v) is 3.98. The van der Waals surface area contributed by atoms with Gasteiger partial charge in [-0.25, -0.2) is 8.42 Å². The predicted octanol–water partition coefficient (Wildman–Crippen LogP) is 2.17.